The number of ether oxygens (including phenoxy) is 1. The summed E-state index contributed by atoms with van der Waals surface area (Å²) >= 11 is 11.4. The highest BCUT2D eigenvalue weighted by Crippen LogP contribution is 2.34. The molecule has 2 N–H and O–H groups in total. The van der Waals surface area contributed by atoms with Gasteiger partial charge in [0.1, 0.15) is 11.4 Å². The Balaban J connectivity index is 1.50. The predicted octanol–water partition coefficient (Wildman–Crippen LogP) is 5.10. The van der Waals surface area contributed by atoms with Crippen molar-refractivity contribution in [2.24, 2.45) is 4.99 Å². The second kappa shape index (κ2) is 10.5. The fourth-order valence-electron chi connectivity index (χ4n) is 4.33. The van der Waals surface area contributed by atoms with Gasteiger partial charge in [-0.2, -0.15) is 0 Å². The standard InChI is InChI=1S/C23H26BrClN4O3S/c1-26-20-8-12-32-13-11-29(20)17-5-4-15(14-16(17)25)27-22(31)23(9-2-3-10-23)28-21(30)18-6-7-19(24)33-18/h4-7,14H,2-3,8-13H2,1H3,(H,27,31)(H,28,30). The van der Waals surface area contributed by atoms with Gasteiger partial charge in [-0.25, -0.2) is 0 Å². The summed E-state index contributed by atoms with van der Waals surface area (Å²) in [5.41, 5.74) is 0.491. The monoisotopic (exact) mass is 552 g/mol. The van der Waals surface area contributed by atoms with E-state index in [0.717, 1.165) is 28.2 Å². The van der Waals surface area contributed by atoms with Crippen molar-refractivity contribution < 1.29 is 14.3 Å². The number of carbonyl (C=O) groups is 2. The minimum Gasteiger partial charge on any atom is -0.379 e. The van der Waals surface area contributed by atoms with Gasteiger partial charge >= 0.3 is 0 Å². The number of hydrogen-bond acceptors (Lipinski definition) is 5. The molecule has 1 aromatic carbocycles. The molecule has 1 aliphatic heterocycles. The Morgan fingerprint density at radius 1 is 1.21 bits per heavy atom. The number of anilines is 2. The molecule has 33 heavy (non-hydrogen) atoms. The maximum absolute atomic E-state index is 13.3. The topological polar surface area (TPSA) is 83.0 Å². The van der Waals surface area contributed by atoms with Gasteiger partial charge in [0.15, 0.2) is 0 Å². The molecule has 1 saturated heterocycles. The van der Waals surface area contributed by atoms with Crippen molar-refractivity contribution in [3.63, 3.8) is 0 Å². The molecule has 0 unspecified atom stereocenters. The molecule has 1 aromatic heterocycles. The molecule has 1 saturated carbocycles. The molecule has 0 radical (unpaired) electrons. The molecular formula is C23H26BrClN4O3S. The van der Waals surface area contributed by atoms with E-state index in [1.807, 2.05) is 18.2 Å². The Bertz CT molecular complexity index is 1070. The zero-order chi connectivity index (χ0) is 23.4. The first-order valence-electron chi connectivity index (χ1n) is 10.9. The molecule has 4 rings (SSSR count). The number of benzene rings is 1. The van der Waals surface area contributed by atoms with Gasteiger partial charge in [0, 0.05) is 25.7 Å². The first-order chi connectivity index (χ1) is 15.9. The van der Waals surface area contributed by atoms with Crippen molar-refractivity contribution in [3.8, 4) is 0 Å². The van der Waals surface area contributed by atoms with Crippen molar-refractivity contribution in [1.29, 1.82) is 0 Å². The molecule has 2 amide bonds. The van der Waals surface area contributed by atoms with Gasteiger partial charge in [-0.1, -0.05) is 24.4 Å². The fourth-order valence-corrected chi connectivity index (χ4v) is 5.90. The van der Waals surface area contributed by atoms with Crippen LogP contribution in [0.4, 0.5) is 11.4 Å². The average molecular weight is 554 g/mol. The Labute approximate surface area is 210 Å². The Kier molecular flexibility index (Phi) is 7.73. The molecular weight excluding hydrogens is 528 g/mol. The van der Waals surface area contributed by atoms with Gasteiger partial charge in [0.2, 0.25) is 5.91 Å². The number of halogens is 2. The summed E-state index contributed by atoms with van der Waals surface area (Å²) in [7, 11) is 1.76. The summed E-state index contributed by atoms with van der Waals surface area (Å²) < 4.78 is 6.44. The Hall–Kier alpha value is -1.94. The van der Waals surface area contributed by atoms with E-state index < -0.39 is 5.54 Å². The lowest BCUT2D eigenvalue weighted by atomic mass is 9.95. The molecule has 0 spiro atoms. The first-order valence-corrected chi connectivity index (χ1v) is 12.9. The SMILES string of the molecule is CN=C1CCOCCN1c1ccc(NC(=O)C2(NC(=O)c3ccc(Br)s3)CCCC2)cc1Cl. The largest absolute Gasteiger partial charge is 0.379 e. The number of amidine groups is 1. The zero-order valence-corrected chi connectivity index (χ0v) is 21.5. The van der Waals surface area contributed by atoms with E-state index in [-0.39, 0.29) is 11.8 Å². The number of aliphatic imine (C=N–C) groups is 1. The van der Waals surface area contributed by atoms with Crippen molar-refractivity contribution >= 4 is 67.9 Å². The second-order valence-corrected chi connectivity index (χ2v) is 11.0. The van der Waals surface area contributed by atoms with Crippen LogP contribution in [0.25, 0.3) is 0 Å². The van der Waals surface area contributed by atoms with Crippen LogP contribution in [0.5, 0.6) is 0 Å². The number of carbonyl (C=O) groups excluding carboxylic acids is 2. The van der Waals surface area contributed by atoms with E-state index in [0.29, 0.717) is 54.6 Å². The van der Waals surface area contributed by atoms with Crippen LogP contribution >= 0.6 is 38.9 Å². The van der Waals surface area contributed by atoms with E-state index >= 15 is 0 Å². The molecule has 1 aliphatic carbocycles. The van der Waals surface area contributed by atoms with E-state index in [1.165, 1.54) is 11.3 Å². The third-order valence-electron chi connectivity index (χ3n) is 6.04. The highest BCUT2D eigenvalue weighted by atomic mass is 79.9. The van der Waals surface area contributed by atoms with E-state index in [4.69, 9.17) is 16.3 Å². The molecule has 2 aromatic rings. The summed E-state index contributed by atoms with van der Waals surface area (Å²) in [6.07, 6.45) is 3.70. The lowest BCUT2D eigenvalue weighted by molar-refractivity contribution is -0.122. The quantitative estimate of drug-likeness (QED) is 0.540. The summed E-state index contributed by atoms with van der Waals surface area (Å²) in [5.74, 6) is 0.469. The first kappa shape index (κ1) is 24.2. The van der Waals surface area contributed by atoms with Crippen LogP contribution in [0.1, 0.15) is 41.8 Å². The summed E-state index contributed by atoms with van der Waals surface area (Å²) in [6, 6.07) is 9.05. The third-order valence-corrected chi connectivity index (χ3v) is 7.96. The van der Waals surface area contributed by atoms with Crippen LogP contribution in [-0.4, -0.2) is 50.0 Å². The van der Waals surface area contributed by atoms with Crippen molar-refractivity contribution in [2.75, 3.05) is 37.0 Å². The Morgan fingerprint density at radius 3 is 2.67 bits per heavy atom. The van der Waals surface area contributed by atoms with Crippen LogP contribution in [0.15, 0.2) is 39.1 Å². The molecule has 2 fully saturated rings. The van der Waals surface area contributed by atoms with Crippen LogP contribution in [0.2, 0.25) is 5.02 Å². The number of rotatable bonds is 5. The predicted molar refractivity (Wildman–Crippen MR) is 137 cm³/mol. The van der Waals surface area contributed by atoms with Crippen LogP contribution in [0, 0.1) is 0 Å². The molecule has 176 valence electrons. The van der Waals surface area contributed by atoms with Gasteiger partial charge < -0.3 is 20.3 Å². The average Bonchev–Trinajstić information content (AvgIpc) is 3.38. The highest BCUT2D eigenvalue weighted by Gasteiger charge is 2.43. The summed E-state index contributed by atoms with van der Waals surface area (Å²) in [4.78, 5) is 33.1. The number of nitrogens with one attached hydrogen (secondary N) is 2. The summed E-state index contributed by atoms with van der Waals surface area (Å²) in [6.45, 7) is 1.88. The number of hydrogen-bond donors (Lipinski definition) is 2. The van der Waals surface area contributed by atoms with Gasteiger partial charge in [0.05, 0.1) is 32.6 Å². The molecule has 0 bridgehead atoms. The van der Waals surface area contributed by atoms with Crippen LogP contribution in [0.3, 0.4) is 0 Å². The minimum atomic E-state index is -0.928. The normalized spacial score (nSPS) is 19.4. The maximum Gasteiger partial charge on any atom is 0.262 e. The number of amides is 2. The van der Waals surface area contributed by atoms with Gasteiger partial charge in [-0.3, -0.25) is 14.6 Å². The summed E-state index contributed by atoms with van der Waals surface area (Å²) in [5, 5.41) is 6.50. The maximum atomic E-state index is 13.3. The molecule has 0 atom stereocenters. The van der Waals surface area contributed by atoms with Crippen molar-refractivity contribution in [1.82, 2.24) is 5.32 Å². The van der Waals surface area contributed by atoms with Gasteiger partial charge in [-0.15, -0.1) is 11.3 Å². The number of thiophene rings is 1. The minimum absolute atomic E-state index is 0.216. The van der Waals surface area contributed by atoms with Crippen molar-refractivity contribution in [3.05, 3.63) is 44.0 Å². The molecule has 2 aliphatic rings. The smallest absolute Gasteiger partial charge is 0.262 e. The fraction of sp³-hybridized carbons (Fsp3) is 0.435. The lowest BCUT2D eigenvalue weighted by Gasteiger charge is -2.29. The molecule has 2 heterocycles. The second-order valence-electron chi connectivity index (χ2n) is 8.12. The van der Waals surface area contributed by atoms with Crippen LogP contribution < -0.4 is 15.5 Å². The molecule has 7 nitrogen and oxygen atoms in total. The highest BCUT2D eigenvalue weighted by molar-refractivity contribution is 9.11. The lowest BCUT2D eigenvalue weighted by Crippen LogP contribution is -2.54. The van der Waals surface area contributed by atoms with E-state index in [2.05, 4.69) is 36.5 Å². The van der Waals surface area contributed by atoms with E-state index in [9.17, 15) is 9.59 Å². The zero-order valence-electron chi connectivity index (χ0n) is 18.3. The molecule has 10 heteroatoms. The number of nitrogens with zero attached hydrogens (tertiary/aromatic N) is 2. The van der Waals surface area contributed by atoms with Crippen LogP contribution in [-0.2, 0) is 9.53 Å². The Morgan fingerprint density at radius 2 is 2.00 bits per heavy atom. The van der Waals surface area contributed by atoms with Gasteiger partial charge in [-0.05, 0) is 59.1 Å². The third kappa shape index (κ3) is 5.42. The van der Waals surface area contributed by atoms with E-state index in [1.54, 1.807) is 19.2 Å². The van der Waals surface area contributed by atoms with Gasteiger partial charge in [0.25, 0.3) is 5.91 Å². The van der Waals surface area contributed by atoms with Crippen molar-refractivity contribution in [2.45, 2.75) is 37.6 Å².